The van der Waals surface area contributed by atoms with Crippen molar-refractivity contribution in [1.29, 1.82) is 0 Å². The van der Waals surface area contributed by atoms with Gasteiger partial charge in [-0.2, -0.15) is 0 Å². The predicted molar refractivity (Wildman–Crippen MR) is 88.2 cm³/mol. The lowest BCUT2D eigenvalue weighted by Gasteiger charge is -2.09. The number of halogens is 4. The van der Waals surface area contributed by atoms with Crippen molar-refractivity contribution in [1.82, 2.24) is 5.32 Å². The Morgan fingerprint density at radius 2 is 1.67 bits per heavy atom. The van der Waals surface area contributed by atoms with E-state index in [0.717, 1.165) is 23.8 Å². The molecule has 4 nitrogen and oxygen atoms in total. The van der Waals surface area contributed by atoms with Gasteiger partial charge in [0.25, 0.3) is 0 Å². The monoisotopic (exact) mass is 372 g/mol. The van der Waals surface area contributed by atoms with E-state index in [1.807, 2.05) is 5.32 Å². The minimum atomic E-state index is -1.17. The Balaban J connectivity index is 1.89. The molecular formula is C16H12Cl2F2N2O2. The van der Waals surface area contributed by atoms with E-state index in [1.165, 1.54) is 0 Å². The first kappa shape index (κ1) is 18.2. The molecule has 0 aliphatic heterocycles. The lowest BCUT2D eigenvalue weighted by molar-refractivity contribution is -0.136. The third-order valence-corrected chi connectivity index (χ3v) is 3.69. The molecule has 8 heteroatoms. The van der Waals surface area contributed by atoms with Crippen LogP contribution in [0.15, 0.2) is 36.4 Å². The maximum absolute atomic E-state index is 13.4. The molecule has 2 aromatic rings. The summed E-state index contributed by atoms with van der Waals surface area (Å²) in [5.41, 5.74) is 0.0697. The van der Waals surface area contributed by atoms with Crippen LogP contribution in [0.25, 0.3) is 0 Å². The average Bonchev–Trinajstić information content (AvgIpc) is 2.52. The molecule has 0 spiro atoms. The molecule has 0 saturated carbocycles. The lowest BCUT2D eigenvalue weighted by atomic mass is 10.1. The van der Waals surface area contributed by atoms with Gasteiger partial charge >= 0.3 is 11.8 Å². The third kappa shape index (κ3) is 4.66. The van der Waals surface area contributed by atoms with Gasteiger partial charge in [-0.05, 0) is 36.2 Å². The standard InChI is InChI=1S/C16H12Cl2F2N2O2/c17-10-5-4-9(11(18)8-10)6-7-21-15(23)16(24)22-14-12(19)2-1-3-13(14)20/h1-5,8H,6-7H2,(H,21,23)(H,22,24). The number of nitrogens with one attached hydrogen (secondary N) is 2. The molecule has 0 fully saturated rings. The molecule has 0 aliphatic rings. The molecule has 0 unspecified atom stereocenters. The summed E-state index contributed by atoms with van der Waals surface area (Å²) in [6.07, 6.45) is 0.364. The van der Waals surface area contributed by atoms with Crippen molar-refractivity contribution < 1.29 is 18.4 Å². The molecule has 2 amide bonds. The number of hydrogen-bond acceptors (Lipinski definition) is 2. The fourth-order valence-corrected chi connectivity index (χ4v) is 2.41. The van der Waals surface area contributed by atoms with Gasteiger partial charge in [-0.25, -0.2) is 8.78 Å². The summed E-state index contributed by atoms with van der Waals surface area (Å²) < 4.78 is 26.8. The first-order valence-electron chi connectivity index (χ1n) is 6.85. The Morgan fingerprint density at radius 3 is 2.29 bits per heavy atom. The van der Waals surface area contributed by atoms with Gasteiger partial charge in [-0.1, -0.05) is 35.3 Å². The van der Waals surface area contributed by atoms with E-state index in [9.17, 15) is 18.4 Å². The van der Waals surface area contributed by atoms with E-state index in [4.69, 9.17) is 23.2 Å². The molecule has 0 aromatic heterocycles. The SMILES string of the molecule is O=C(NCCc1ccc(Cl)cc1Cl)C(=O)Nc1c(F)cccc1F. The summed E-state index contributed by atoms with van der Waals surface area (Å²) in [7, 11) is 0. The van der Waals surface area contributed by atoms with Gasteiger partial charge < -0.3 is 10.6 Å². The van der Waals surface area contributed by atoms with Crippen molar-refractivity contribution >= 4 is 40.7 Å². The largest absolute Gasteiger partial charge is 0.347 e. The molecule has 0 aliphatic carbocycles. The summed E-state index contributed by atoms with van der Waals surface area (Å²) in [6.45, 7) is 0.118. The normalized spacial score (nSPS) is 10.3. The lowest BCUT2D eigenvalue weighted by Crippen LogP contribution is -2.36. The zero-order valence-corrected chi connectivity index (χ0v) is 13.7. The quantitative estimate of drug-likeness (QED) is 0.806. The van der Waals surface area contributed by atoms with Crippen molar-refractivity contribution in [2.45, 2.75) is 6.42 Å². The van der Waals surface area contributed by atoms with Crippen LogP contribution in [-0.4, -0.2) is 18.4 Å². The van der Waals surface area contributed by atoms with Crippen LogP contribution >= 0.6 is 23.2 Å². The van der Waals surface area contributed by atoms with Crippen molar-refractivity contribution in [2.75, 3.05) is 11.9 Å². The number of para-hydroxylation sites is 1. The zero-order chi connectivity index (χ0) is 17.7. The molecule has 0 bridgehead atoms. The smallest absolute Gasteiger partial charge is 0.313 e. The molecule has 0 saturated heterocycles. The minimum Gasteiger partial charge on any atom is -0.347 e. The molecule has 0 atom stereocenters. The van der Waals surface area contributed by atoms with Crippen molar-refractivity contribution in [3.63, 3.8) is 0 Å². The van der Waals surface area contributed by atoms with Gasteiger partial charge in [0.15, 0.2) is 0 Å². The van der Waals surface area contributed by atoms with E-state index >= 15 is 0 Å². The number of benzene rings is 2. The van der Waals surface area contributed by atoms with E-state index in [-0.39, 0.29) is 6.54 Å². The Bertz CT molecular complexity index is 764. The number of carbonyl (C=O) groups excluding carboxylic acids is 2. The maximum Gasteiger partial charge on any atom is 0.313 e. The van der Waals surface area contributed by atoms with Crippen LogP contribution in [0.4, 0.5) is 14.5 Å². The number of hydrogen-bond donors (Lipinski definition) is 2. The zero-order valence-electron chi connectivity index (χ0n) is 12.2. The predicted octanol–water partition coefficient (Wildman–Crippen LogP) is 3.57. The first-order valence-corrected chi connectivity index (χ1v) is 7.61. The van der Waals surface area contributed by atoms with Crippen LogP contribution in [0.1, 0.15) is 5.56 Å². The van der Waals surface area contributed by atoms with Gasteiger partial charge in [0.1, 0.15) is 17.3 Å². The summed E-state index contributed by atoms with van der Waals surface area (Å²) in [6, 6.07) is 8.01. The van der Waals surface area contributed by atoms with Crippen molar-refractivity contribution in [2.24, 2.45) is 0 Å². The van der Waals surface area contributed by atoms with Crippen LogP contribution in [0.3, 0.4) is 0 Å². The van der Waals surface area contributed by atoms with Gasteiger partial charge in [-0.3, -0.25) is 9.59 Å². The highest BCUT2D eigenvalue weighted by Gasteiger charge is 2.17. The van der Waals surface area contributed by atoms with E-state index in [2.05, 4.69) is 5.32 Å². The summed E-state index contributed by atoms with van der Waals surface area (Å²) in [4.78, 5) is 23.3. The highest BCUT2D eigenvalue weighted by molar-refractivity contribution is 6.39. The van der Waals surface area contributed by atoms with E-state index in [1.54, 1.807) is 18.2 Å². The number of rotatable bonds is 4. The topological polar surface area (TPSA) is 58.2 Å². The third-order valence-electron chi connectivity index (χ3n) is 3.10. The van der Waals surface area contributed by atoms with Crippen molar-refractivity contribution in [3.05, 3.63) is 63.6 Å². The summed E-state index contributed by atoms with van der Waals surface area (Å²) in [5.74, 6) is -4.11. The Kier molecular flexibility index (Phi) is 6.11. The van der Waals surface area contributed by atoms with Crippen LogP contribution in [-0.2, 0) is 16.0 Å². The fourth-order valence-electron chi connectivity index (χ4n) is 1.90. The number of anilines is 1. The highest BCUT2D eigenvalue weighted by Crippen LogP contribution is 2.21. The van der Waals surface area contributed by atoms with Crippen molar-refractivity contribution in [3.8, 4) is 0 Å². The van der Waals surface area contributed by atoms with Gasteiger partial charge in [0.2, 0.25) is 0 Å². The Hall–Kier alpha value is -2.18. The van der Waals surface area contributed by atoms with Crippen LogP contribution in [0.5, 0.6) is 0 Å². The molecule has 2 N–H and O–H groups in total. The summed E-state index contributed by atoms with van der Waals surface area (Å²) in [5, 5.41) is 5.17. The molecular weight excluding hydrogens is 361 g/mol. The molecule has 0 heterocycles. The van der Waals surface area contributed by atoms with E-state index < -0.39 is 29.1 Å². The Labute approximate surface area is 146 Å². The second-order valence-electron chi connectivity index (χ2n) is 4.79. The van der Waals surface area contributed by atoms with Gasteiger partial charge in [0.05, 0.1) is 0 Å². The fraction of sp³-hybridized carbons (Fsp3) is 0.125. The van der Waals surface area contributed by atoms with Crippen LogP contribution in [0.2, 0.25) is 10.0 Å². The van der Waals surface area contributed by atoms with Gasteiger partial charge in [0, 0.05) is 16.6 Å². The Morgan fingerprint density at radius 1 is 1.00 bits per heavy atom. The highest BCUT2D eigenvalue weighted by atomic mass is 35.5. The molecule has 0 radical (unpaired) electrons. The summed E-state index contributed by atoms with van der Waals surface area (Å²) >= 11 is 11.8. The van der Waals surface area contributed by atoms with E-state index in [0.29, 0.717) is 16.5 Å². The molecule has 126 valence electrons. The minimum absolute atomic E-state index is 0.118. The van der Waals surface area contributed by atoms with Crippen LogP contribution < -0.4 is 10.6 Å². The second-order valence-corrected chi connectivity index (χ2v) is 5.64. The number of amides is 2. The maximum atomic E-state index is 13.4. The first-order chi connectivity index (χ1) is 11.4. The van der Waals surface area contributed by atoms with Crippen LogP contribution in [0, 0.1) is 11.6 Å². The van der Waals surface area contributed by atoms with Gasteiger partial charge in [-0.15, -0.1) is 0 Å². The molecule has 2 rings (SSSR count). The number of carbonyl (C=O) groups is 2. The molecule has 2 aromatic carbocycles. The average molecular weight is 373 g/mol. The second kappa shape index (κ2) is 8.08. The molecule has 24 heavy (non-hydrogen) atoms.